The van der Waals surface area contributed by atoms with Crippen molar-refractivity contribution in [1.29, 1.82) is 0 Å². The Morgan fingerprint density at radius 1 is 1.43 bits per heavy atom. The van der Waals surface area contributed by atoms with Crippen molar-refractivity contribution in [2.75, 3.05) is 19.6 Å². The molecule has 2 aliphatic rings. The predicted octanol–water partition coefficient (Wildman–Crippen LogP) is 1.27. The van der Waals surface area contributed by atoms with Crippen molar-refractivity contribution in [3.8, 4) is 0 Å². The summed E-state index contributed by atoms with van der Waals surface area (Å²) in [6, 6.07) is 7.74. The molecule has 2 N–H and O–H groups in total. The summed E-state index contributed by atoms with van der Waals surface area (Å²) in [4.78, 5) is 25.9. The number of urea groups is 1. The highest BCUT2D eigenvalue weighted by atomic mass is 16.2. The van der Waals surface area contributed by atoms with Crippen molar-refractivity contribution in [1.82, 2.24) is 15.5 Å². The molecule has 2 atom stereocenters. The Kier molecular flexibility index (Phi) is 3.92. The number of aryl methyl sites for hydroxylation is 1. The molecule has 5 nitrogen and oxygen atoms in total. The van der Waals surface area contributed by atoms with E-state index in [0.29, 0.717) is 25.6 Å². The SMILES string of the molecule is Cc1cccc(CNC(=O)N2CC3CNCC(C3)C2=O)c1. The first-order valence-electron chi connectivity index (χ1n) is 7.49. The summed E-state index contributed by atoms with van der Waals surface area (Å²) in [7, 11) is 0. The van der Waals surface area contributed by atoms with E-state index < -0.39 is 0 Å². The van der Waals surface area contributed by atoms with E-state index in [4.69, 9.17) is 0 Å². The lowest BCUT2D eigenvalue weighted by Crippen LogP contribution is -2.58. The van der Waals surface area contributed by atoms with Gasteiger partial charge in [0.1, 0.15) is 0 Å². The minimum atomic E-state index is -0.266. The van der Waals surface area contributed by atoms with Crippen molar-refractivity contribution in [2.24, 2.45) is 11.8 Å². The minimum absolute atomic E-state index is 0.0396. The van der Waals surface area contributed by atoms with Gasteiger partial charge in [0, 0.05) is 19.6 Å². The molecule has 0 spiro atoms. The fraction of sp³-hybridized carbons (Fsp3) is 0.500. The van der Waals surface area contributed by atoms with Gasteiger partial charge in [0.05, 0.1) is 5.92 Å². The third kappa shape index (κ3) is 3.08. The molecule has 2 saturated heterocycles. The smallest absolute Gasteiger partial charge is 0.324 e. The second kappa shape index (κ2) is 5.85. The van der Waals surface area contributed by atoms with E-state index in [9.17, 15) is 9.59 Å². The van der Waals surface area contributed by atoms with E-state index in [1.54, 1.807) is 0 Å². The van der Waals surface area contributed by atoms with E-state index in [1.807, 2.05) is 31.2 Å². The number of carbonyl (C=O) groups excluding carboxylic acids is 2. The number of nitrogens with zero attached hydrogens (tertiary/aromatic N) is 1. The summed E-state index contributed by atoms with van der Waals surface area (Å²) >= 11 is 0. The van der Waals surface area contributed by atoms with Gasteiger partial charge in [-0.25, -0.2) is 4.79 Å². The van der Waals surface area contributed by atoms with E-state index in [1.165, 1.54) is 4.90 Å². The lowest BCUT2D eigenvalue weighted by molar-refractivity contribution is -0.137. The Hall–Kier alpha value is -1.88. The zero-order valence-electron chi connectivity index (χ0n) is 12.3. The quantitative estimate of drug-likeness (QED) is 0.861. The van der Waals surface area contributed by atoms with Crippen molar-refractivity contribution >= 4 is 11.9 Å². The van der Waals surface area contributed by atoms with Crippen LogP contribution in [0.15, 0.2) is 24.3 Å². The lowest BCUT2D eigenvalue weighted by Gasteiger charge is -2.39. The van der Waals surface area contributed by atoms with Crippen LogP contribution in [0.3, 0.4) is 0 Å². The van der Waals surface area contributed by atoms with Crippen LogP contribution in [0.4, 0.5) is 4.79 Å². The number of fused-ring (bicyclic) bond motifs is 2. The molecule has 2 aliphatic heterocycles. The molecule has 2 fully saturated rings. The second-order valence-corrected chi connectivity index (χ2v) is 6.05. The molecule has 21 heavy (non-hydrogen) atoms. The van der Waals surface area contributed by atoms with Gasteiger partial charge in [-0.15, -0.1) is 0 Å². The van der Waals surface area contributed by atoms with Gasteiger partial charge in [0.25, 0.3) is 0 Å². The van der Waals surface area contributed by atoms with Crippen molar-refractivity contribution in [2.45, 2.75) is 19.9 Å². The summed E-state index contributed by atoms with van der Waals surface area (Å²) in [6.45, 7) is 4.59. The van der Waals surface area contributed by atoms with Crippen LogP contribution >= 0.6 is 0 Å². The number of imide groups is 1. The Bertz CT molecular complexity index is 558. The molecular weight excluding hydrogens is 266 g/mol. The molecule has 112 valence electrons. The Labute approximate surface area is 124 Å². The van der Waals surface area contributed by atoms with Crippen molar-refractivity contribution in [3.63, 3.8) is 0 Å². The third-order valence-electron chi connectivity index (χ3n) is 4.27. The van der Waals surface area contributed by atoms with E-state index in [-0.39, 0.29) is 17.9 Å². The molecule has 3 amide bonds. The fourth-order valence-electron chi connectivity index (χ4n) is 3.20. The first-order valence-corrected chi connectivity index (χ1v) is 7.49. The van der Waals surface area contributed by atoms with Crippen LogP contribution in [0.25, 0.3) is 0 Å². The number of rotatable bonds is 2. The maximum atomic E-state index is 12.3. The molecule has 0 saturated carbocycles. The molecule has 2 bridgehead atoms. The number of piperidine rings is 2. The summed E-state index contributed by atoms with van der Waals surface area (Å²) in [5.41, 5.74) is 2.21. The van der Waals surface area contributed by atoms with Gasteiger partial charge in [-0.05, 0) is 31.4 Å². The predicted molar refractivity (Wildman–Crippen MR) is 79.6 cm³/mol. The van der Waals surface area contributed by atoms with Crippen LogP contribution in [-0.4, -0.2) is 36.5 Å². The number of hydrogen-bond donors (Lipinski definition) is 2. The molecular formula is C16H21N3O2. The van der Waals surface area contributed by atoms with Crippen molar-refractivity contribution < 1.29 is 9.59 Å². The van der Waals surface area contributed by atoms with Crippen LogP contribution in [0.1, 0.15) is 17.5 Å². The van der Waals surface area contributed by atoms with Gasteiger partial charge in [-0.2, -0.15) is 0 Å². The average molecular weight is 287 g/mol. The molecule has 1 aromatic carbocycles. The van der Waals surface area contributed by atoms with Crippen molar-refractivity contribution in [3.05, 3.63) is 35.4 Å². The number of nitrogens with one attached hydrogen (secondary N) is 2. The minimum Gasteiger partial charge on any atom is -0.334 e. The third-order valence-corrected chi connectivity index (χ3v) is 4.27. The van der Waals surface area contributed by atoms with E-state index in [2.05, 4.69) is 10.6 Å². The largest absolute Gasteiger partial charge is 0.334 e. The first kappa shape index (κ1) is 14.1. The van der Waals surface area contributed by atoms with Gasteiger partial charge in [0.2, 0.25) is 5.91 Å². The van der Waals surface area contributed by atoms with Gasteiger partial charge in [0.15, 0.2) is 0 Å². The standard InChI is InChI=1S/C16H21N3O2/c1-11-3-2-4-12(5-11)8-18-16(21)19-10-13-6-14(15(19)20)9-17-7-13/h2-5,13-14,17H,6-10H2,1H3,(H,18,21). The lowest BCUT2D eigenvalue weighted by atomic mass is 9.85. The highest BCUT2D eigenvalue weighted by Gasteiger charge is 2.39. The van der Waals surface area contributed by atoms with E-state index >= 15 is 0 Å². The van der Waals surface area contributed by atoms with E-state index in [0.717, 1.165) is 24.1 Å². The molecule has 0 aromatic heterocycles. The maximum Gasteiger partial charge on any atom is 0.324 e. The zero-order valence-corrected chi connectivity index (χ0v) is 12.3. The molecule has 5 heteroatoms. The van der Waals surface area contributed by atoms with Crippen LogP contribution in [0, 0.1) is 18.8 Å². The summed E-state index contributed by atoms with van der Waals surface area (Å²) in [5.74, 6) is 0.314. The normalized spacial score (nSPS) is 24.8. The van der Waals surface area contributed by atoms with Gasteiger partial charge in [-0.1, -0.05) is 29.8 Å². The van der Waals surface area contributed by atoms with Crippen LogP contribution in [0.5, 0.6) is 0 Å². The number of carbonyl (C=O) groups is 2. The Morgan fingerprint density at radius 2 is 2.29 bits per heavy atom. The second-order valence-electron chi connectivity index (χ2n) is 6.05. The Balaban J connectivity index is 1.61. The number of hydrogen-bond acceptors (Lipinski definition) is 3. The molecule has 2 heterocycles. The summed E-state index contributed by atoms with van der Waals surface area (Å²) in [6.07, 6.45) is 0.910. The Morgan fingerprint density at radius 3 is 3.10 bits per heavy atom. The molecule has 2 unspecified atom stereocenters. The van der Waals surface area contributed by atoms with Crippen LogP contribution in [-0.2, 0) is 11.3 Å². The highest BCUT2D eigenvalue weighted by Crippen LogP contribution is 2.25. The summed E-state index contributed by atoms with van der Waals surface area (Å²) in [5, 5.41) is 6.12. The number of likely N-dealkylation sites (tertiary alicyclic amines) is 1. The van der Waals surface area contributed by atoms with Gasteiger partial charge >= 0.3 is 6.03 Å². The number of benzene rings is 1. The molecule has 0 aliphatic carbocycles. The molecule has 1 aromatic rings. The summed E-state index contributed by atoms with van der Waals surface area (Å²) < 4.78 is 0. The zero-order chi connectivity index (χ0) is 14.8. The van der Waals surface area contributed by atoms with Crippen LogP contribution in [0.2, 0.25) is 0 Å². The van der Waals surface area contributed by atoms with Gasteiger partial charge < -0.3 is 10.6 Å². The first-order chi connectivity index (χ1) is 10.1. The topological polar surface area (TPSA) is 61.4 Å². The molecule has 0 radical (unpaired) electrons. The molecule has 3 rings (SSSR count). The highest BCUT2D eigenvalue weighted by molar-refractivity contribution is 5.96. The van der Waals surface area contributed by atoms with Gasteiger partial charge in [-0.3, -0.25) is 9.69 Å². The number of amides is 3. The fourth-order valence-corrected chi connectivity index (χ4v) is 3.20. The van der Waals surface area contributed by atoms with Crippen LogP contribution < -0.4 is 10.6 Å². The monoisotopic (exact) mass is 287 g/mol. The maximum absolute atomic E-state index is 12.3. The average Bonchev–Trinajstić information content (AvgIpc) is 2.49.